The van der Waals surface area contributed by atoms with Gasteiger partial charge in [0.15, 0.2) is 4.77 Å². The monoisotopic (exact) mass is 363 g/mol. The van der Waals surface area contributed by atoms with Crippen LogP contribution in [0.3, 0.4) is 0 Å². The molecule has 7 heteroatoms. The summed E-state index contributed by atoms with van der Waals surface area (Å²) in [6.45, 7) is 2.21. The fraction of sp³-hybridized carbons (Fsp3) is 0.500. The van der Waals surface area contributed by atoms with Gasteiger partial charge >= 0.3 is 0 Å². The summed E-state index contributed by atoms with van der Waals surface area (Å²) in [7, 11) is 4.12. The van der Waals surface area contributed by atoms with Crippen LogP contribution in [0.2, 0.25) is 0 Å². The highest BCUT2D eigenvalue weighted by Gasteiger charge is 2.06. The average Bonchev–Trinajstić information content (AvgIpc) is 2.57. The van der Waals surface area contributed by atoms with E-state index in [0.29, 0.717) is 29.7 Å². The van der Waals surface area contributed by atoms with Gasteiger partial charge in [-0.05, 0) is 37.2 Å². The number of fused-ring (bicyclic) bond motifs is 1. The number of H-pyrrole nitrogens is 1. The summed E-state index contributed by atoms with van der Waals surface area (Å²) >= 11 is 5.30. The Morgan fingerprint density at radius 3 is 2.76 bits per heavy atom. The van der Waals surface area contributed by atoms with Gasteiger partial charge in [0, 0.05) is 13.0 Å². The summed E-state index contributed by atoms with van der Waals surface area (Å²) in [5, 5.41) is 3.58. The van der Waals surface area contributed by atoms with Gasteiger partial charge in [-0.15, -0.1) is 0 Å². The van der Waals surface area contributed by atoms with Gasteiger partial charge in [0.25, 0.3) is 5.56 Å². The number of para-hydroxylation sites is 1. The Hall–Kier alpha value is -1.99. The van der Waals surface area contributed by atoms with E-state index in [-0.39, 0.29) is 11.5 Å². The average molecular weight is 364 g/mol. The van der Waals surface area contributed by atoms with E-state index >= 15 is 0 Å². The van der Waals surface area contributed by atoms with Gasteiger partial charge < -0.3 is 15.2 Å². The topological polar surface area (TPSA) is 71.3 Å². The number of hydrogen-bond donors (Lipinski definition) is 3. The molecule has 0 aliphatic heterocycles. The molecule has 25 heavy (non-hydrogen) atoms. The molecule has 0 saturated carbocycles. The van der Waals surface area contributed by atoms with Crippen LogP contribution >= 0.6 is 12.2 Å². The molecule has 2 rings (SSSR count). The molecule has 136 valence electrons. The molecule has 0 saturated heterocycles. The Balaban J connectivity index is 1.79. The van der Waals surface area contributed by atoms with Gasteiger partial charge in [0.1, 0.15) is 0 Å². The number of likely N-dealkylation sites (N-methyl/N-ethyl adjacent to an activating group) is 1. The lowest BCUT2D eigenvalue weighted by molar-refractivity contribution is -0.856. The van der Waals surface area contributed by atoms with Crippen LogP contribution in [0.25, 0.3) is 10.9 Å². The molecule has 0 spiro atoms. The summed E-state index contributed by atoms with van der Waals surface area (Å²) in [6, 6.07) is 7.39. The van der Waals surface area contributed by atoms with Gasteiger partial charge in [-0.3, -0.25) is 14.2 Å². The fourth-order valence-electron chi connectivity index (χ4n) is 2.67. The van der Waals surface area contributed by atoms with Crippen molar-refractivity contribution in [3.05, 3.63) is 39.4 Å². The lowest BCUT2D eigenvalue weighted by atomic mass is 10.2. The number of nitrogens with one attached hydrogen (secondary N) is 3. The van der Waals surface area contributed by atoms with Crippen molar-refractivity contribution in [2.45, 2.75) is 32.2 Å². The van der Waals surface area contributed by atoms with Crippen molar-refractivity contribution in [1.29, 1.82) is 0 Å². The van der Waals surface area contributed by atoms with E-state index in [0.717, 1.165) is 31.3 Å². The molecule has 6 nitrogen and oxygen atoms in total. The number of amides is 1. The molecule has 0 fully saturated rings. The first-order valence-electron chi connectivity index (χ1n) is 8.76. The molecule has 2 aromatic rings. The van der Waals surface area contributed by atoms with Crippen LogP contribution in [-0.2, 0) is 11.3 Å². The lowest BCUT2D eigenvalue weighted by Gasteiger charge is -2.09. The molecule has 1 aromatic carbocycles. The van der Waals surface area contributed by atoms with E-state index in [1.807, 2.05) is 18.2 Å². The largest absolute Gasteiger partial charge is 0.350 e. The van der Waals surface area contributed by atoms with Gasteiger partial charge in [0.2, 0.25) is 5.91 Å². The highest BCUT2D eigenvalue weighted by Crippen LogP contribution is 2.07. The molecule has 0 aliphatic carbocycles. The summed E-state index contributed by atoms with van der Waals surface area (Å²) in [5.41, 5.74) is 0.716. The number of aromatic amines is 1. The predicted molar refractivity (Wildman–Crippen MR) is 103 cm³/mol. The van der Waals surface area contributed by atoms with Crippen LogP contribution in [0.1, 0.15) is 25.7 Å². The van der Waals surface area contributed by atoms with E-state index < -0.39 is 0 Å². The van der Waals surface area contributed by atoms with Crippen LogP contribution < -0.4 is 15.8 Å². The van der Waals surface area contributed by atoms with Crippen molar-refractivity contribution in [1.82, 2.24) is 14.9 Å². The summed E-state index contributed by atoms with van der Waals surface area (Å²) in [4.78, 5) is 28.6. The minimum Gasteiger partial charge on any atom is -0.350 e. The van der Waals surface area contributed by atoms with Crippen molar-refractivity contribution in [2.24, 2.45) is 0 Å². The second-order valence-electron chi connectivity index (χ2n) is 6.55. The second-order valence-corrected chi connectivity index (χ2v) is 6.94. The Labute approximate surface area is 152 Å². The lowest BCUT2D eigenvalue weighted by Crippen LogP contribution is -3.06. The maximum Gasteiger partial charge on any atom is 0.262 e. The third-order valence-electron chi connectivity index (χ3n) is 4.12. The van der Waals surface area contributed by atoms with Crippen LogP contribution in [-0.4, -0.2) is 42.6 Å². The van der Waals surface area contributed by atoms with Crippen LogP contribution in [0, 0.1) is 4.77 Å². The number of carbonyl (C=O) groups excluding carboxylic acids is 1. The number of carbonyl (C=O) groups is 1. The van der Waals surface area contributed by atoms with Crippen molar-refractivity contribution in [3.63, 3.8) is 0 Å². The third kappa shape index (κ3) is 5.79. The van der Waals surface area contributed by atoms with Gasteiger partial charge in [-0.1, -0.05) is 18.6 Å². The summed E-state index contributed by atoms with van der Waals surface area (Å²) in [5.74, 6) is 0.0985. The molecule has 0 radical (unpaired) electrons. The van der Waals surface area contributed by atoms with E-state index in [2.05, 4.69) is 24.4 Å². The fourth-order valence-corrected chi connectivity index (χ4v) is 2.96. The zero-order chi connectivity index (χ0) is 18.2. The summed E-state index contributed by atoms with van der Waals surface area (Å²) < 4.78 is 2.06. The zero-order valence-electron chi connectivity index (χ0n) is 14.9. The number of rotatable bonds is 9. The van der Waals surface area contributed by atoms with Gasteiger partial charge in [0.05, 0.1) is 38.1 Å². The normalized spacial score (nSPS) is 11.2. The molecule has 1 aromatic heterocycles. The first kappa shape index (κ1) is 19.3. The number of benzene rings is 1. The van der Waals surface area contributed by atoms with Crippen molar-refractivity contribution >= 4 is 29.0 Å². The standard InChI is InChI=1S/C18H26N4O2S/c1-21(2)13-11-19-16(23)10-4-3-7-12-22-17(24)14-8-5-6-9-15(14)20-18(22)25/h5-6,8-9H,3-4,7,10-13H2,1-2H3,(H,19,23)(H,20,25)/p+1. The van der Waals surface area contributed by atoms with E-state index in [1.165, 1.54) is 4.90 Å². The smallest absolute Gasteiger partial charge is 0.262 e. The number of aromatic nitrogens is 2. The molecule has 1 heterocycles. The maximum atomic E-state index is 12.5. The summed E-state index contributed by atoms with van der Waals surface area (Å²) in [6.07, 6.45) is 3.06. The van der Waals surface area contributed by atoms with Crippen molar-refractivity contribution in [3.8, 4) is 0 Å². The molecule has 0 aliphatic rings. The first-order valence-corrected chi connectivity index (χ1v) is 9.17. The maximum absolute atomic E-state index is 12.5. The highest BCUT2D eigenvalue weighted by atomic mass is 32.1. The molecular formula is C18H27N4O2S+. The van der Waals surface area contributed by atoms with E-state index in [1.54, 1.807) is 10.6 Å². The Kier molecular flexibility index (Phi) is 7.33. The van der Waals surface area contributed by atoms with E-state index in [4.69, 9.17) is 12.2 Å². The number of quaternary nitrogens is 1. The zero-order valence-corrected chi connectivity index (χ0v) is 15.7. The van der Waals surface area contributed by atoms with Gasteiger partial charge in [-0.2, -0.15) is 0 Å². The number of hydrogen-bond acceptors (Lipinski definition) is 3. The highest BCUT2D eigenvalue weighted by molar-refractivity contribution is 7.71. The molecule has 3 N–H and O–H groups in total. The predicted octanol–water partition coefficient (Wildman–Crippen LogP) is 0.880. The first-order chi connectivity index (χ1) is 12.0. The van der Waals surface area contributed by atoms with Crippen LogP contribution in [0.15, 0.2) is 29.1 Å². The second kappa shape index (κ2) is 9.48. The number of nitrogens with zero attached hydrogens (tertiary/aromatic N) is 1. The quantitative estimate of drug-likeness (QED) is 0.458. The Bertz CT molecular complexity index is 826. The van der Waals surface area contributed by atoms with Crippen molar-refractivity contribution in [2.75, 3.05) is 27.2 Å². The van der Waals surface area contributed by atoms with Crippen LogP contribution in [0.4, 0.5) is 0 Å². The van der Waals surface area contributed by atoms with E-state index in [9.17, 15) is 9.59 Å². The van der Waals surface area contributed by atoms with Crippen molar-refractivity contribution < 1.29 is 9.69 Å². The molecular weight excluding hydrogens is 336 g/mol. The molecule has 1 amide bonds. The minimum absolute atomic E-state index is 0.0525. The minimum atomic E-state index is -0.0525. The Morgan fingerprint density at radius 1 is 1.24 bits per heavy atom. The van der Waals surface area contributed by atoms with Gasteiger partial charge in [-0.25, -0.2) is 0 Å². The number of unbranched alkanes of at least 4 members (excludes halogenated alkanes) is 2. The SMILES string of the molecule is C[NH+](C)CCNC(=O)CCCCCn1c(=S)[nH]c2ccccc2c1=O. The molecule has 0 atom stereocenters. The molecule has 0 unspecified atom stereocenters. The molecule has 0 bridgehead atoms. The van der Waals surface area contributed by atoms with Crippen LogP contribution in [0.5, 0.6) is 0 Å². The Morgan fingerprint density at radius 2 is 2.00 bits per heavy atom. The third-order valence-corrected chi connectivity index (χ3v) is 4.44.